The maximum Gasteiger partial charge on any atom is 0.261 e. The summed E-state index contributed by atoms with van der Waals surface area (Å²) in [5.74, 6) is 0.364. The van der Waals surface area contributed by atoms with E-state index < -0.39 is 5.91 Å². The molecule has 0 radical (unpaired) electrons. The van der Waals surface area contributed by atoms with Crippen LogP contribution >= 0.6 is 35.4 Å². The number of aromatic nitrogens is 1. The number of rotatable bonds is 4. The third-order valence-electron chi connectivity index (χ3n) is 4.38. The Morgan fingerprint density at radius 1 is 1.10 bits per heavy atom. The second-order valence-electron chi connectivity index (χ2n) is 6.43. The van der Waals surface area contributed by atoms with Gasteiger partial charge in [0.1, 0.15) is 11.3 Å². The van der Waals surface area contributed by atoms with Crippen LogP contribution in [0.15, 0.2) is 65.1 Å². The molecule has 0 aliphatic carbocycles. The molecule has 0 saturated heterocycles. The van der Waals surface area contributed by atoms with Gasteiger partial charge in [0.15, 0.2) is 10.7 Å². The summed E-state index contributed by atoms with van der Waals surface area (Å²) in [5.41, 5.74) is 2.82. The Balaban J connectivity index is 1.51. The first-order chi connectivity index (χ1) is 14.9. The van der Waals surface area contributed by atoms with Crippen molar-refractivity contribution in [3.05, 3.63) is 76.3 Å². The van der Waals surface area contributed by atoms with Crippen molar-refractivity contribution >= 4 is 63.2 Å². The van der Waals surface area contributed by atoms with E-state index in [0.717, 1.165) is 0 Å². The van der Waals surface area contributed by atoms with Crippen molar-refractivity contribution in [2.75, 3.05) is 12.4 Å². The highest BCUT2D eigenvalue weighted by atomic mass is 35.5. The number of nitrogens with one attached hydrogen (secondary N) is 2. The maximum absolute atomic E-state index is 12.6. The topological polar surface area (TPSA) is 76.4 Å². The van der Waals surface area contributed by atoms with Gasteiger partial charge in [-0.1, -0.05) is 35.3 Å². The number of oxazole rings is 1. The van der Waals surface area contributed by atoms with Crippen molar-refractivity contribution in [1.29, 1.82) is 0 Å². The standard InChI is InChI=1S/C22H15Cl2N3O3S/c1-29-18-8-6-12(23)10-15(18)20(28)27-22(31)25-13-7-9-19-17(11-13)26-21(30-19)14-4-2-3-5-16(14)24/h2-11H,1H3,(H2,25,27,28,31). The molecule has 1 aromatic heterocycles. The molecule has 0 saturated carbocycles. The summed E-state index contributed by atoms with van der Waals surface area (Å²) in [7, 11) is 1.47. The van der Waals surface area contributed by atoms with Crippen molar-refractivity contribution in [2.45, 2.75) is 0 Å². The zero-order chi connectivity index (χ0) is 22.0. The number of thiocarbonyl (C=S) groups is 1. The third kappa shape index (κ3) is 4.64. The number of halogens is 2. The average molecular weight is 472 g/mol. The Hall–Kier alpha value is -3.13. The van der Waals surface area contributed by atoms with Gasteiger partial charge in [-0.15, -0.1) is 0 Å². The number of anilines is 1. The lowest BCUT2D eigenvalue weighted by Gasteiger charge is -2.12. The zero-order valence-electron chi connectivity index (χ0n) is 16.1. The van der Waals surface area contributed by atoms with Gasteiger partial charge in [0.2, 0.25) is 5.89 Å². The molecule has 4 rings (SSSR count). The Morgan fingerprint density at radius 3 is 2.68 bits per heavy atom. The molecular weight excluding hydrogens is 457 g/mol. The minimum absolute atomic E-state index is 0.112. The van der Waals surface area contributed by atoms with Gasteiger partial charge < -0.3 is 14.5 Å². The van der Waals surface area contributed by atoms with Gasteiger partial charge in [-0.2, -0.15) is 0 Å². The molecule has 0 spiro atoms. The monoisotopic (exact) mass is 471 g/mol. The lowest BCUT2D eigenvalue weighted by molar-refractivity contribution is 0.0975. The zero-order valence-corrected chi connectivity index (χ0v) is 18.4. The smallest absolute Gasteiger partial charge is 0.261 e. The van der Waals surface area contributed by atoms with Crippen molar-refractivity contribution < 1.29 is 13.9 Å². The Morgan fingerprint density at radius 2 is 1.90 bits per heavy atom. The highest BCUT2D eigenvalue weighted by Gasteiger charge is 2.15. The normalized spacial score (nSPS) is 10.7. The number of amides is 1. The van der Waals surface area contributed by atoms with Crippen molar-refractivity contribution in [3.8, 4) is 17.2 Å². The highest BCUT2D eigenvalue weighted by molar-refractivity contribution is 7.80. The van der Waals surface area contributed by atoms with Crippen LogP contribution in [0, 0.1) is 0 Å². The van der Waals surface area contributed by atoms with E-state index in [4.69, 9.17) is 44.6 Å². The summed E-state index contributed by atoms with van der Waals surface area (Å²) in [6, 6.07) is 17.4. The molecule has 6 nitrogen and oxygen atoms in total. The fourth-order valence-electron chi connectivity index (χ4n) is 2.95. The van der Waals surface area contributed by atoms with Crippen LogP contribution in [-0.4, -0.2) is 23.1 Å². The number of methoxy groups -OCH3 is 1. The molecule has 2 N–H and O–H groups in total. The molecule has 31 heavy (non-hydrogen) atoms. The number of fused-ring (bicyclic) bond motifs is 1. The van der Waals surface area contributed by atoms with Gasteiger partial charge >= 0.3 is 0 Å². The number of carbonyl (C=O) groups is 1. The molecule has 1 heterocycles. The van der Waals surface area contributed by atoms with Crippen LogP contribution in [0.4, 0.5) is 5.69 Å². The molecule has 4 aromatic rings. The van der Waals surface area contributed by atoms with Crippen LogP contribution in [0.2, 0.25) is 10.0 Å². The van der Waals surface area contributed by atoms with E-state index in [9.17, 15) is 4.79 Å². The van der Waals surface area contributed by atoms with E-state index in [1.807, 2.05) is 18.2 Å². The first-order valence-corrected chi connectivity index (χ1v) is 10.2. The van der Waals surface area contributed by atoms with Gasteiger partial charge in [0.25, 0.3) is 5.91 Å². The first-order valence-electron chi connectivity index (χ1n) is 9.06. The molecule has 9 heteroatoms. The first kappa shape index (κ1) is 21.1. The number of ether oxygens (including phenoxy) is 1. The lowest BCUT2D eigenvalue weighted by atomic mass is 10.2. The fraction of sp³-hybridized carbons (Fsp3) is 0.0455. The SMILES string of the molecule is COc1ccc(Cl)cc1C(=O)NC(=S)Nc1ccc2oc(-c3ccccc3Cl)nc2c1. The fourth-order valence-corrected chi connectivity index (χ4v) is 3.54. The number of benzene rings is 3. The second kappa shape index (κ2) is 8.93. The van der Waals surface area contributed by atoms with Crippen LogP contribution in [-0.2, 0) is 0 Å². The van der Waals surface area contributed by atoms with Crippen molar-refractivity contribution in [2.24, 2.45) is 0 Å². The third-order valence-corrected chi connectivity index (χ3v) is 5.15. The van der Waals surface area contributed by atoms with E-state index in [1.165, 1.54) is 13.2 Å². The number of hydrogen-bond acceptors (Lipinski definition) is 5. The van der Waals surface area contributed by atoms with Crippen LogP contribution in [0.5, 0.6) is 5.75 Å². The number of carbonyl (C=O) groups excluding carboxylic acids is 1. The van der Waals surface area contributed by atoms with Gasteiger partial charge in [-0.3, -0.25) is 10.1 Å². The second-order valence-corrected chi connectivity index (χ2v) is 7.69. The summed E-state index contributed by atoms with van der Waals surface area (Å²) in [6.07, 6.45) is 0. The molecule has 0 aliphatic heterocycles. The molecule has 156 valence electrons. The molecule has 0 aliphatic rings. The quantitative estimate of drug-likeness (QED) is 0.358. The predicted octanol–water partition coefficient (Wildman–Crippen LogP) is 5.94. The van der Waals surface area contributed by atoms with Crippen LogP contribution in [0.25, 0.3) is 22.6 Å². The summed E-state index contributed by atoms with van der Waals surface area (Å²) in [6.45, 7) is 0. The summed E-state index contributed by atoms with van der Waals surface area (Å²) in [5, 5.41) is 6.65. The summed E-state index contributed by atoms with van der Waals surface area (Å²) >= 11 is 17.5. The van der Waals surface area contributed by atoms with Gasteiger partial charge in [-0.05, 0) is 60.7 Å². The van der Waals surface area contributed by atoms with Gasteiger partial charge in [0.05, 0.1) is 23.3 Å². The maximum atomic E-state index is 12.6. The molecule has 0 atom stereocenters. The Bertz CT molecular complexity index is 1310. The molecule has 3 aromatic carbocycles. The largest absolute Gasteiger partial charge is 0.496 e. The van der Waals surface area contributed by atoms with E-state index in [0.29, 0.717) is 44.0 Å². The molecule has 0 bridgehead atoms. The van der Waals surface area contributed by atoms with Crippen LogP contribution in [0.3, 0.4) is 0 Å². The Labute approximate surface area is 193 Å². The van der Waals surface area contributed by atoms with Crippen molar-refractivity contribution in [1.82, 2.24) is 10.3 Å². The molecule has 0 unspecified atom stereocenters. The molecule has 1 amide bonds. The number of hydrogen-bond donors (Lipinski definition) is 2. The lowest BCUT2D eigenvalue weighted by Crippen LogP contribution is -2.34. The van der Waals surface area contributed by atoms with Gasteiger partial charge in [0, 0.05) is 10.7 Å². The van der Waals surface area contributed by atoms with Crippen LogP contribution in [0.1, 0.15) is 10.4 Å². The van der Waals surface area contributed by atoms with E-state index >= 15 is 0 Å². The Kier molecular flexibility index (Phi) is 6.08. The minimum Gasteiger partial charge on any atom is -0.496 e. The molecular formula is C22H15Cl2N3O3S. The summed E-state index contributed by atoms with van der Waals surface area (Å²) < 4.78 is 11.0. The van der Waals surface area contributed by atoms with E-state index in [2.05, 4.69) is 15.6 Å². The number of nitrogens with zero attached hydrogens (tertiary/aromatic N) is 1. The highest BCUT2D eigenvalue weighted by Crippen LogP contribution is 2.30. The molecule has 0 fully saturated rings. The van der Waals surface area contributed by atoms with Gasteiger partial charge in [-0.25, -0.2) is 4.98 Å². The van der Waals surface area contributed by atoms with Crippen LogP contribution < -0.4 is 15.4 Å². The minimum atomic E-state index is -0.444. The van der Waals surface area contributed by atoms with E-state index in [1.54, 1.807) is 36.4 Å². The summed E-state index contributed by atoms with van der Waals surface area (Å²) in [4.78, 5) is 17.1. The van der Waals surface area contributed by atoms with Crippen molar-refractivity contribution in [3.63, 3.8) is 0 Å². The average Bonchev–Trinajstić information content (AvgIpc) is 3.17. The predicted molar refractivity (Wildman–Crippen MR) is 126 cm³/mol. The van der Waals surface area contributed by atoms with E-state index in [-0.39, 0.29) is 10.7 Å².